The summed E-state index contributed by atoms with van der Waals surface area (Å²) >= 11 is 1.77. The molecule has 0 radical (unpaired) electrons. The smallest absolute Gasteiger partial charge is 0.255 e. The van der Waals surface area contributed by atoms with E-state index in [2.05, 4.69) is 10.3 Å². The molecule has 7 heteroatoms. The SMILES string of the molecule is CN(C)c1ccc(NC(=O)c2ccc3[nH]c(=O)c4c(c3c2)CCSC4)cc1.Cl. The fraction of sp³-hybridized carbons (Fsp3) is 0.238. The van der Waals surface area contributed by atoms with Gasteiger partial charge in [0.1, 0.15) is 0 Å². The second-order valence-electron chi connectivity index (χ2n) is 6.87. The summed E-state index contributed by atoms with van der Waals surface area (Å²) in [4.78, 5) is 29.9. The van der Waals surface area contributed by atoms with Gasteiger partial charge in [0.05, 0.1) is 0 Å². The normalized spacial score (nSPS) is 12.8. The van der Waals surface area contributed by atoms with Crippen molar-refractivity contribution in [1.29, 1.82) is 0 Å². The zero-order valence-electron chi connectivity index (χ0n) is 15.7. The second kappa shape index (κ2) is 8.29. The molecule has 28 heavy (non-hydrogen) atoms. The van der Waals surface area contributed by atoms with Gasteiger partial charge in [-0.2, -0.15) is 11.8 Å². The molecule has 0 saturated heterocycles. The van der Waals surface area contributed by atoms with E-state index in [1.807, 2.05) is 55.4 Å². The lowest BCUT2D eigenvalue weighted by Crippen LogP contribution is -2.19. The molecule has 3 aromatic rings. The number of aryl methyl sites for hydroxylation is 1. The number of fused-ring (bicyclic) bond motifs is 3. The van der Waals surface area contributed by atoms with Crippen LogP contribution in [0.1, 0.15) is 21.5 Å². The molecule has 0 atom stereocenters. The molecule has 0 saturated carbocycles. The molecule has 0 bridgehead atoms. The molecule has 1 aromatic heterocycles. The highest BCUT2D eigenvalue weighted by molar-refractivity contribution is 7.98. The van der Waals surface area contributed by atoms with Gasteiger partial charge in [0.25, 0.3) is 11.5 Å². The third-order valence-electron chi connectivity index (χ3n) is 4.88. The summed E-state index contributed by atoms with van der Waals surface area (Å²) in [5.41, 5.74) is 5.12. The first kappa shape index (κ1) is 20.3. The summed E-state index contributed by atoms with van der Waals surface area (Å²) < 4.78 is 0. The zero-order valence-corrected chi connectivity index (χ0v) is 17.4. The first-order chi connectivity index (χ1) is 13.0. The lowest BCUT2D eigenvalue weighted by Gasteiger charge is -2.17. The van der Waals surface area contributed by atoms with Crippen molar-refractivity contribution in [3.63, 3.8) is 0 Å². The third-order valence-corrected chi connectivity index (χ3v) is 5.86. The number of nitrogens with zero attached hydrogens (tertiary/aromatic N) is 1. The van der Waals surface area contributed by atoms with Crippen LogP contribution in [-0.2, 0) is 12.2 Å². The number of anilines is 2. The Morgan fingerprint density at radius 3 is 2.57 bits per heavy atom. The van der Waals surface area contributed by atoms with Gasteiger partial charge in [-0.1, -0.05) is 0 Å². The Hall–Kier alpha value is -2.44. The Morgan fingerprint density at radius 1 is 1.11 bits per heavy atom. The summed E-state index contributed by atoms with van der Waals surface area (Å²) in [6, 6.07) is 13.2. The Morgan fingerprint density at radius 2 is 1.86 bits per heavy atom. The van der Waals surface area contributed by atoms with Gasteiger partial charge in [-0.05, 0) is 60.2 Å². The summed E-state index contributed by atoms with van der Waals surface area (Å²) in [5, 5.41) is 3.92. The standard InChI is InChI=1S/C21H21N3O2S.ClH/c1-24(2)15-6-4-14(5-7-15)22-20(25)13-3-8-19-17(11-13)16-9-10-27-12-18(16)21(26)23-19;/h3-8,11H,9-10,12H2,1-2H3,(H,22,25)(H,23,26);1H. The van der Waals surface area contributed by atoms with Gasteiger partial charge in [0.2, 0.25) is 0 Å². The number of hydrogen-bond acceptors (Lipinski definition) is 4. The van der Waals surface area contributed by atoms with Crippen molar-refractivity contribution < 1.29 is 4.79 Å². The third kappa shape index (κ3) is 3.88. The number of nitrogens with one attached hydrogen (secondary N) is 2. The average Bonchev–Trinajstić information content (AvgIpc) is 2.68. The van der Waals surface area contributed by atoms with Crippen LogP contribution >= 0.6 is 24.2 Å². The number of carbonyl (C=O) groups excluding carboxylic acids is 1. The second-order valence-corrected chi connectivity index (χ2v) is 7.97. The highest BCUT2D eigenvalue weighted by Crippen LogP contribution is 2.28. The maximum absolute atomic E-state index is 12.7. The quantitative estimate of drug-likeness (QED) is 0.677. The number of rotatable bonds is 3. The van der Waals surface area contributed by atoms with Crippen molar-refractivity contribution >= 4 is 52.4 Å². The Balaban J connectivity index is 0.00000225. The van der Waals surface area contributed by atoms with E-state index < -0.39 is 0 Å². The van der Waals surface area contributed by atoms with E-state index in [9.17, 15) is 9.59 Å². The molecule has 1 aliphatic rings. The molecule has 0 unspecified atom stereocenters. The molecule has 0 aliphatic carbocycles. The zero-order chi connectivity index (χ0) is 19.0. The lowest BCUT2D eigenvalue weighted by molar-refractivity contribution is 0.102. The molecular formula is C21H22ClN3O2S. The highest BCUT2D eigenvalue weighted by Gasteiger charge is 2.18. The van der Waals surface area contributed by atoms with E-state index >= 15 is 0 Å². The summed E-state index contributed by atoms with van der Waals surface area (Å²) in [6.45, 7) is 0. The number of aromatic nitrogens is 1. The van der Waals surface area contributed by atoms with Gasteiger partial charge < -0.3 is 15.2 Å². The Kier molecular flexibility index (Phi) is 6.01. The van der Waals surface area contributed by atoms with E-state index in [0.29, 0.717) is 5.56 Å². The van der Waals surface area contributed by atoms with Crippen LogP contribution < -0.4 is 15.8 Å². The molecule has 0 spiro atoms. The molecule has 0 fully saturated rings. The molecule has 4 rings (SSSR count). The minimum atomic E-state index is -0.153. The Labute approximate surface area is 173 Å². The van der Waals surface area contributed by atoms with Gasteiger partial charge in [-0.25, -0.2) is 0 Å². The number of benzene rings is 2. The minimum Gasteiger partial charge on any atom is -0.378 e. The summed E-state index contributed by atoms with van der Waals surface area (Å²) in [6.07, 6.45) is 0.859. The van der Waals surface area contributed by atoms with E-state index in [-0.39, 0.29) is 23.9 Å². The maximum atomic E-state index is 12.7. The van der Waals surface area contributed by atoms with E-state index in [4.69, 9.17) is 0 Å². The van der Waals surface area contributed by atoms with Gasteiger partial charge in [0.15, 0.2) is 0 Å². The fourth-order valence-electron chi connectivity index (χ4n) is 3.37. The lowest BCUT2D eigenvalue weighted by atomic mass is 9.99. The average molecular weight is 416 g/mol. The van der Waals surface area contributed by atoms with Crippen LogP contribution in [0.3, 0.4) is 0 Å². The van der Waals surface area contributed by atoms with Crippen LogP contribution in [0.4, 0.5) is 11.4 Å². The fourth-order valence-corrected chi connectivity index (χ4v) is 4.38. The maximum Gasteiger partial charge on any atom is 0.255 e. The Bertz CT molecular complexity index is 1080. The number of hydrogen-bond donors (Lipinski definition) is 2. The van der Waals surface area contributed by atoms with Crippen molar-refractivity contribution in [3.8, 4) is 0 Å². The van der Waals surface area contributed by atoms with Crippen LogP contribution in [0.5, 0.6) is 0 Å². The predicted octanol–water partition coefficient (Wildman–Crippen LogP) is 4.06. The van der Waals surface area contributed by atoms with E-state index in [1.54, 1.807) is 17.8 Å². The minimum absolute atomic E-state index is 0. The first-order valence-electron chi connectivity index (χ1n) is 8.87. The van der Waals surface area contributed by atoms with Crippen molar-refractivity contribution in [2.24, 2.45) is 0 Å². The van der Waals surface area contributed by atoms with Crippen molar-refractivity contribution in [2.45, 2.75) is 12.2 Å². The van der Waals surface area contributed by atoms with E-state index in [1.165, 1.54) is 0 Å². The molecule has 1 amide bonds. The molecule has 2 N–H and O–H groups in total. The number of H-pyrrole nitrogens is 1. The number of carbonyl (C=O) groups is 1. The number of halogens is 1. The number of amides is 1. The van der Waals surface area contributed by atoms with E-state index in [0.717, 1.165) is 51.3 Å². The van der Waals surface area contributed by atoms with Gasteiger partial charge in [0, 0.05) is 53.3 Å². The molecule has 5 nitrogen and oxygen atoms in total. The van der Waals surface area contributed by atoms with Crippen LogP contribution in [0.25, 0.3) is 10.9 Å². The molecule has 146 valence electrons. The largest absolute Gasteiger partial charge is 0.378 e. The van der Waals surface area contributed by atoms with Gasteiger partial charge in [-0.3, -0.25) is 9.59 Å². The molecular weight excluding hydrogens is 394 g/mol. The molecule has 2 heterocycles. The van der Waals surface area contributed by atoms with Gasteiger partial charge in [-0.15, -0.1) is 12.4 Å². The van der Waals surface area contributed by atoms with Gasteiger partial charge >= 0.3 is 0 Å². The van der Waals surface area contributed by atoms with Crippen molar-refractivity contribution in [3.05, 3.63) is 69.5 Å². The summed E-state index contributed by atoms with van der Waals surface area (Å²) in [5.74, 6) is 1.58. The summed E-state index contributed by atoms with van der Waals surface area (Å²) in [7, 11) is 3.96. The highest BCUT2D eigenvalue weighted by atomic mass is 35.5. The van der Waals surface area contributed by atoms with Crippen LogP contribution in [0, 0.1) is 0 Å². The first-order valence-corrected chi connectivity index (χ1v) is 10.0. The van der Waals surface area contributed by atoms with Crippen LogP contribution in [-0.4, -0.2) is 30.7 Å². The number of aromatic amines is 1. The number of pyridine rings is 1. The van der Waals surface area contributed by atoms with Crippen molar-refractivity contribution in [1.82, 2.24) is 4.98 Å². The van der Waals surface area contributed by atoms with Crippen molar-refractivity contribution in [2.75, 3.05) is 30.1 Å². The topological polar surface area (TPSA) is 65.2 Å². The van der Waals surface area contributed by atoms with Crippen LogP contribution in [0.2, 0.25) is 0 Å². The predicted molar refractivity (Wildman–Crippen MR) is 120 cm³/mol. The number of thioether (sulfide) groups is 1. The molecule has 2 aromatic carbocycles. The molecule has 1 aliphatic heterocycles. The monoisotopic (exact) mass is 415 g/mol. The van der Waals surface area contributed by atoms with Crippen LogP contribution in [0.15, 0.2) is 47.3 Å².